The molecule has 0 unspecified atom stereocenters. The third kappa shape index (κ3) is 14.7. The summed E-state index contributed by atoms with van der Waals surface area (Å²) in [6, 6.07) is 84.7. The van der Waals surface area contributed by atoms with Crippen LogP contribution in [-0.2, 0) is 0 Å². The molecule has 12 aromatic rings. The Kier molecular flexibility index (Phi) is 18.8. The molecule has 0 aliphatic carbocycles. The summed E-state index contributed by atoms with van der Waals surface area (Å²) in [5.74, 6) is 4.13. The van der Waals surface area contributed by atoms with Gasteiger partial charge in [0.25, 0.3) is 0 Å². The van der Waals surface area contributed by atoms with Crippen LogP contribution < -0.4 is 9.47 Å². The number of unbranched alkanes of at least 4 members (excludes halogenated alkanes) is 9. The zero-order valence-corrected chi connectivity index (χ0v) is 49.1. The number of aromatic hydroxyl groups is 2. The number of phenolic OH excluding ortho intramolecular Hbond substituents is 2. The lowest BCUT2D eigenvalue weighted by atomic mass is 10.0. The molecule has 12 rings (SSSR count). The minimum Gasteiger partial charge on any atom is -0.507 e. The Labute approximate surface area is 515 Å². The van der Waals surface area contributed by atoms with Crippen LogP contribution in [0.25, 0.3) is 113 Å². The normalized spacial score (nSPS) is 11.1. The Balaban J connectivity index is 0.584. The quantitative estimate of drug-likeness (QED) is 0.0532. The highest BCUT2D eigenvalue weighted by Crippen LogP contribution is 2.37. The van der Waals surface area contributed by atoms with E-state index < -0.39 is 0 Å². The summed E-state index contributed by atoms with van der Waals surface area (Å²) < 4.78 is 12.3. The first-order valence-electron chi connectivity index (χ1n) is 30.5. The number of phenols is 2. The van der Waals surface area contributed by atoms with Gasteiger partial charge in [0.05, 0.1) is 24.3 Å². The van der Waals surface area contributed by atoms with Crippen molar-refractivity contribution >= 4 is 0 Å². The molecule has 0 saturated heterocycles. The number of benzene rings is 10. The predicted octanol–water partition coefficient (Wildman–Crippen LogP) is 19.5. The molecule has 0 bridgehead atoms. The summed E-state index contributed by atoms with van der Waals surface area (Å²) in [7, 11) is 0. The Morgan fingerprint density at radius 1 is 0.216 bits per heavy atom. The second-order valence-electron chi connectivity index (χ2n) is 22.0. The molecule has 88 heavy (non-hydrogen) atoms. The van der Waals surface area contributed by atoms with Gasteiger partial charge in [-0.2, -0.15) is 0 Å². The molecule has 2 heterocycles. The standard InChI is InChI=1S/C78H68N6O4/c85-71-53-67(47-49-69(71)77-81-73(63-39-31-59(32-40-63)55-23-13-9-14-24-55)79-74(82-77)64-41-33-60(34-42-64)56-25-15-10-16-26-56)87-51-21-7-5-3-1-2-4-6-8-22-52-88-68-48-50-70(72(86)54-68)78-83-75(65-43-35-61(36-44-65)57-27-17-11-18-28-57)80-76(84-78)66-45-37-62(38-46-66)58-29-19-12-20-30-58/h9-20,23-50,53-54,85-86H,1-8,21-22,51-52H2. The lowest BCUT2D eigenvalue weighted by Gasteiger charge is -2.12. The zero-order valence-electron chi connectivity index (χ0n) is 49.1. The van der Waals surface area contributed by atoms with Crippen LogP contribution in [0.5, 0.6) is 23.0 Å². The summed E-state index contributed by atoms with van der Waals surface area (Å²) in [6.45, 7) is 1.14. The fourth-order valence-corrected chi connectivity index (χ4v) is 10.9. The lowest BCUT2D eigenvalue weighted by molar-refractivity contribution is 0.301. The predicted molar refractivity (Wildman–Crippen MR) is 355 cm³/mol. The van der Waals surface area contributed by atoms with Gasteiger partial charge in [0.15, 0.2) is 34.9 Å². The molecule has 0 amide bonds. The topological polar surface area (TPSA) is 136 Å². The van der Waals surface area contributed by atoms with Crippen molar-refractivity contribution in [3.8, 4) is 136 Å². The van der Waals surface area contributed by atoms with Crippen LogP contribution in [0.1, 0.15) is 64.2 Å². The molecular weight excluding hydrogens is 1080 g/mol. The average Bonchev–Trinajstić information content (AvgIpc) is 2.71. The Bertz CT molecular complexity index is 3710. The monoisotopic (exact) mass is 1150 g/mol. The van der Waals surface area contributed by atoms with Crippen molar-refractivity contribution in [2.45, 2.75) is 64.2 Å². The molecule has 10 heteroatoms. The van der Waals surface area contributed by atoms with Gasteiger partial charge in [-0.25, -0.2) is 29.9 Å². The maximum atomic E-state index is 11.4. The zero-order chi connectivity index (χ0) is 59.7. The first-order valence-corrected chi connectivity index (χ1v) is 30.5. The van der Waals surface area contributed by atoms with Crippen LogP contribution in [-0.4, -0.2) is 53.3 Å². The van der Waals surface area contributed by atoms with Crippen molar-refractivity contribution in [1.29, 1.82) is 0 Å². The van der Waals surface area contributed by atoms with E-state index in [0.29, 0.717) is 70.8 Å². The number of nitrogens with zero attached hydrogens (tertiary/aromatic N) is 6. The Morgan fingerprint density at radius 3 is 0.682 bits per heavy atom. The fraction of sp³-hybridized carbons (Fsp3) is 0.154. The number of rotatable bonds is 25. The summed E-state index contributed by atoms with van der Waals surface area (Å²) >= 11 is 0. The van der Waals surface area contributed by atoms with Crippen molar-refractivity contribution in [2.24, 2.45) is 0 Å². The van der Waals surface area contributed by atoms with Gasteiger partial charge in [-0.15, -0.1) is 0 Å². The highest BCUT2D eigenvalue weighted by Gasteiger charge is 2.19. The van der Waals surface area contributed by atoms with E-state index in [1.54, 1.807) is 12.1 Å². The average molecular weight is 1150 g/mol. The largest absolute Gasteiger partial charge is 0.507 e. The first kappa shape index (κ1) is 57.8. The molecule has 0 fully saturated rings. The van der Waals surface area contributed by atoms with Crippen molar-refractivity contribution in [2.75, 3.05) is 13.2 Å². The van der Waals surface area contributed by atoms with E-state index in [0.717, 1.165) is 105 Å². The third-order valence-corrected chi connectivity index (χ3v) is 15.8. The van der Waals surface area contributed by atoms with Crippen molar-refractivity contribution in [1.82, 2.24) is 29.9 Å². The number of hydrogen-bond acceptors (Lipinski definition) is 10. The van der Waals surface area contributed by atoms with Gasteiger partial charge < -0.3 is 19.7 Å². The van der Waals surface area contributed by atoms with Crippen molar-refractivity contribution in [3.63, 3.8) is 0 Å². The van der Waals surface area contributed by atoms with Crippen molar-refractivity contribution < 1.29 is 19.7 Å². The third-order valence-electron chi connectivity index (χ3n) is 15.8. The van der Waals surface area contributed by atoms with Gasteiger partial charge in [0.2, 0.25) is 0 Å². The molecule has 0 aliphatic heterocycles. The smallest absolute Gasteiger partial charge is 0.167 e. The molecule has 0 radical (unpaired) electrons. The van der Waals surface area contributed by atoms with Gasteiger partial charge in [-0.05, 0) is 81.6 Å². The van der Waals surface area contributed by atoms with Gasteiger partial charge in [-0.3, -0.25) is 0 Å². The van der Waals surface area contributed by atoms with Crippen molar-refractivity contribution in [3.05, 3.63) is 255 Å². The molecule has 2 aromatic heterocycles. The van der Waals surface area contributed by atoms with E-state index in [1.807, 2.05) is 146 Å². The van der Waals surface area contributed by atoms with Crippen LogP contribution in [0, 0.1) is 0 Å². The van der Waals surface area contributed by atoms with E-state index in [-0.39, 0.29) is 11.5 Å². The summed E-state index contributed by atoms with van der Waals surface area (Å²) in [4.78, 5) is 29.5. The maximum Gasteiger partial charge on any atom is 0.167 e. The summed E-state index contributed by atoms with van der Waals surface area (Å²) in [6.07, 6.45) is 11.2. The first-order chi connectivity index (χ1) is 43.4. The molecule has 2 N–H and O–H groups in total. The molecule has 0 aliphatic rings. The van der Waals surface area contributed by atoms with Gasteiger partial charge >= 0.3 is 0 Å². The van der Waals surface area contributed by atoms with E-state index in [4.69, 9.17) is 39.4 Å². The van der Waals surface area contributed by atoms with E-state index in [2.05, 4.69) is 97.1 Å². The van der Waals surface area contributed by atoms with Crippen LogP contribution >= 0.6 is 0 Å². The number of ether oxygens (including phenoxy) is 2. The molecule has 434 valence electrons. The summed E-state index contributed by atoms with van der Waals surface area (Å²) in [5.41, 5.74) is 13.3. The molecular formula is C78H68N6O4. The van der Waals surface area contributed by atoms with Crippen LogP contribution in [0.2, 0.25) is 0 Å². The second kappa shape index (κ2) is 28.5. The Morgan fingerprint density at radius 2 is 0.432 bits per heavy atom. The number of hydrogen-bond donors (Lipinski definition) is 2. The summed E-state index contributed by atoms with van der Waals surface area (Å²) in [5, 5.41) is 22.8. The second-order valence-corrected chi connectivity index (χ2v) is 22.0. The maximum absolute atomic E-state index is 11.4. The van der Waals surface area contributed by atoms with Gasteiger partial charge in [0, 0.05) is 34.4 Å². The van der Waals surface area contributed by atoms with Gasteiger partial charge in [0.1, 0.15) is 23.0 Å². The molecule has 0 atom stereocenters. The lowest BCUT2D eigenvalue weighted by Crippen LogP contribution is -2.01. The minimum atomic E-state index is 0.0450. The van der Waals surface area contributed by atoms with E-state index in [9.17, 15) is 10.2 Å². The number of aromatic nitrogens is 6. The van der Waals surface area contributed by atoms with Crippen LogP contribution in [0.15, 0.2) is 255 Å². The molecule has 0 saturated carbocycles. The molecule has 10 nitrogen and oxygen atoms in total. The highest BCUT2D eigenvalue weighted by atomic mass is 16.5. The van der Waals surface area contributed by atoms with Crippen LogP contribution in [0.3, 0.4) is 0 Å². The Hall–Kier alpha value is -10.6. The van der Waals surface area contributed by atoms with Gasteiger partial charge in [-0.1, -0.05) is 270 Å². The SMILES string of the molecule is Oc1cc(OCCCCCCCCCCCCOc2ccc(-c3nc(-c4ccc(-c5ccccc5)cc4)nc(-c4ccc(-c5ccccc5)cc4)n3)c(O)c2)ccc1-c1nc(-c2ccc(-c3ccccc3)cc2)nc(-c2ccc(-c3ccccc3)cc2)n1. The fourth-order valence-electron chi connectivity index (χ4n) is 10.9. The molecule has 0 spiro atoms. The van der Waals surface area contributed by atoms with Crippen LogP contribution in [0.4, 0.5) is 0 Å². The molecule has 10 aromatic carbocycles. The highest BCUT2D eigenvalue weighted by molar-refractivity contribution is 5.76. The minimum absolute atomic E-state index is 0.0450. The van der Waals surface area contributed by atoms with E-state index in [1.165, 1.54) is 25.7 Å². The van der Waals surface area contributed by atoms with E-state index >= 15 is 0 Å².